The Labute approximate surface area is 177 Å². The van der Waals surface area contributed by atoms with Crippen LogP contribution in [0, 0.1) is 0 Å². The zero-order valence-electron chi connectivity index (χ0n) is 17.5. The average Bonchev–Trinajstić information content (AvgIpc) is 2.80. The summed E-state index contributed by atoms with van der Waals surface area (Å²) in [6, 6.07) is 21.8. The molecule has 1 fully saturated rings. The van der Waals surface area contributed by atoms with Gasteiger partial charge >= 0.3 is 0 Å². The van der Waals surface area contributed by atoms with Gasteiger partial charge in [-0.2, -0.15) is 0 Å². The van der Waals surface area contributed by atoms with E-state index in [1.807, 2.05) is 67.7 Å². The summed E-state index contributed by atoms with van der Waals surface area (Å²) < 4.78 is 6.07. The first kappa shape index (κ1) is 20.0. The number of benzene rings is 2. The first-order chi connectivity index (χ1) is 14.6. The fourth-order valence-electron chi connectivity index (χ4n) is 3.68. The number of nitrogens with zero attached hydrogens (tertiary/aromatic N) is 3. The predicted octanol–water partition coefficient (Wildman–Crippen LogP) is 4.50. The zero-order chi connectivity index (χ0) is 20.9. The minimum Gasteiger partial charge on any atom is -0.474 e. The van der Waals surface area contributed by atoms with E-state index in [2.05, 4.69) is 34.1 Å². The molecule has 30 heavy (non-hydrogen) atoms. The fourth-order valence-corrected chi connectivity index (χ4v) is 3.68. The van der Waals surface area contributed by atoms with Gasteiger partial charge < -0.3 is 14.5 Å². The predicted molar refractivity (Wildman–Crippen MR) is 120 cm³/mol. The van der Waals surface area contributed by atoms with Crippen molar-refractivity contribution in [3.8, 4) is 17.0 Å². The smallest absolute Gasteiger partial charge is 0.253 e. The maximum atomic E-state index is 12.6. The molecule has 2 heterocycles. The van der Waals surface area contributed by atoms with Crippen molar-refractivity contribution in [2.45, 2.75) is 18.9 Å². The van der Waals surface area contributed by atoms with Crippen LogP contribution in [0.5, 0.6) is 5.88 Å². The number of hydrogen-bond donors (Lipinski definition) is 0. The van der Waals surface area contributed by atoms with Crippen LogP contribution in [0.4, 0.5) is 5.69 Å². The van der Waals surface area contributed by atoms with Gasteiger partial charge in [0.05, 0.1) is 0 Å². The molecule has 0 radical (unpaired) electrons. The van der Waals surface area contributed by atoms with Crippen LogP contribution in [0.25, 0.3) is 11.1 Å². The number of amides is 1. The number of likely N-dealkylation sites (tertiary alicyclic amines) is 1. The number of pyridine rings is 1. The van der Waals surface area contributed by atoms with Crippen LogP contribution in [0.1, 0.15) is 23.2 Å². The first-order valence-electron chi connectivity index (χ1n) is 10.3. The van der Waals surface area contributed by atoms with Crippen molar-refractivity contribution in [3.05, 3.63) is 78.5 Å². The van der Waals surface area contributed by atoms with Crippen molar-refractivity contribution >= 4 is 11.6 Å². The molecule has 2 aromatic carbocycles. The van der Waals surface area contributed by atoms with Crippen LogP contribution < -0.4 is 9.64 Å². The number of rotatable bonds is 5. The Morgan fingerprint density at radius 2 is 1.60 bits per heavy atom. The van der Waals surface area contributed by atoms with E-state index in [1.54, 1.807) is 0 Å². The highest BCUT2D eigenvalue weighted by Gasteiger charge is 2.24. The molecule has 0 bridgehead atoms. The molecule has 1 aromatic heterocycles. The molecule has 1 amide bonds. The molecule has 0 N–H and O–H groups in total. The van der Waals surface area contributed by atoms with Crippen molar-refractivity contribution in [3.63, 3.8) is 0 Å². The lowest BCUT2D eigenvalue weighted by molar-refractivity contribution is 0.0588. The van der Waals surface area contributed by atoms with E-state index in [4.69, 9.17) is 4.74 Å². The van der Waals surface area contributed by atoms with Gasteiger partial charge in [-0.15, -0.1) is 0 Å². The zero-order valence-corrected chi connectivity index (χ0v) is 17.5. The Morgan fingerprint density at radius 3 is 2.20 bits per heavy atom. The van der Waals surface area contributed by atoms with Gasteiger partial charge in [-0.1, -0.05) is 30.3 Å². The molecule has 0 unspecified atom stereocenters. The van der Waals surface area contributed by atoms with Gasteiger partial charge in [0, 0.05) is 69.1 Å². The van der Waals surface area contributed by atoms with Gasteiger partial charge in [-0.25, -0.2) is 4.98 Å². The summed E-state index contributed by atoms with van der Waals surface area (Å²) in [7, 11) is 4.06. The summed E-state index contributed by atoms with van der Waals surface area (Å²) in [5.74, 6) is 0.730. The van der Waals surface area contributed by atoms with Gasteiger partial charge in [0.25, 0.3) is 5.91 Å². The molecule has 0 spiro atoms. The highest BCUT2D eigenvalue weighted by molar-refractivity contribution is 5.94. The summed E-state index contributed by atoms with van der Waals surface area (Å²) in [5, 5.41) is 0. The molecule has 4 rings (SSSR count). The molecule has 1 aliphatic heterocycles. The number of piperidine rings is 1. The third-order valence-corrected chi connectivity index (χ3v) is 5.49. The van der Waals surface area contributed by atoms with Gasteiger partial charge in [-0.3, -0.25) is 4.79 Å². The summed E-state index contributed by atoms with van der Waals surface area (Å²) >= 11 is 0. The number of carbonyl (C=O) groups is 1. The molecular weight excluding hydrogens is 374 g/mol. The normalized spacial score (nSPS) is 14.4. The Bertz CT molecular complexity index is 962. The molecule has 1 saturated heterocycles. The van der Waals surface area contributed by atoms with Crippen molar-refractivity contribution in [1.29, 1.82) is 0 Å². The Balaban J connectivity index is 1.32. The summed E-state index contributed by atoms with van der Waals surface area (Å²) in [6.07, 6.45) is 3.57. The standard InChI is InChI=1S/C25H27N3O2/c1-27(2)22-11-8-19(9-12-22)21-10-13-24(26-18-21)30-23-14-16-28(17-15-23)25(29)20-6-4-3-5-7-20/h3-13,18,23H,14-17H2,1-2H3. The molecule has 3 aromatic rings. The maximum absolute atomic E-state index is 12.6. The SMILES string of the molecule is CN(C)c1ccc(-c2ccc(OC3CCN(C(=O)c4ccccc4)CC3)nc2)cc1. The van der Waals surface area contributed by atoms with Crippen LogP contribution in [0.3, 0.4) is 0 Å². The third-order valence-electron chi connectivity index (χ3n) is 5.49. The average molecular weight is 402 g/mol. The molecule has 5 heteroatoms. The van der Waals surface area contributed by atoms with E-state index in [-0.39, 0.29) is 12.0 Å². The van der Waals surface area contributed by atoms with Crippen molar-refractivity contribution < 1.29 is 9.53 Å². The number of anilines is 1. The van der Waals surface area contributed by atoms with E-state index in [1.165, 1.54) is 5.69 Å². The minimum atomic E-state index is 0.0857. The Morgan fingerprint density at radius 1 is 0.933 bits per heavy atom. The first-order valence-corrected chi connectivity index (χ1v) is 10.3. The number of carbonyl (C=O) groups excluding carboxylic acids is 1. The fraction of sp³-hybridized carbons (Fsp3) is 0.280. The van der Waals surface area contributed by atoms with Crippen LogP contribution in [0.2, 0.25) is 0 Å². The second-order valence-electron chi connectivity index (χ2n) is 7.80. The quantitative estimate of drug-likeness (QED) is 0.632. The molecular formula is C25H27N3O2. The minimum absolute atomic E-state index is 0.0857. The lowest BCUT2D eigenvalue weighted by Crippen LogP contribution is -2.41. The van der Waals surface area contributed by atoms with Crippen LogP contribution in [-0.2, 0) is 0 Å². The largest absolute Gasteiger partial charge is 0.474 e. The van der Waals surface area contributed by atoms with Gasteiger partial charge in [0.1, 0.15) is 6.10 Å². The molecule has 0 atom stereocenters. The molecule has 0 saturated carbocycles. The number of hydrogen-bond acceptors (Lipinski definition) is 4. The second kappa shape index (κ2) is 8.99. The van der Waals surface area contributed by atoms with Crippen LogP contribution in [-0.4, -0.2) is 49.1 Å². The maximum Gasteiger partial charge on any atom is 0.253 e. The lowest BCUT2D eigenvalue weighted by atomic mass is 10.1. The molecule has 0 aliphatic carbocycles. The lowest BCUT2D eigenvalue weighted by Gasteiger charge is -2.32. The Hall–Kier alpha value is -3.34. The van der Waals surface area contributed by atoms with Gasteiger partial charge in [0.2, 0.25) is 5.88 Å². The summed E-state index contributed by atoms with van der Waals surface area (Å²) in [6.45, 7) is 1.41. The highest BCUT2D eigenvalue weighted by atomic mass is 16.5. The van der Waals surface area contributed by atoms with Crippen molar-refractivity contribution in [1.82, 2.24) is 9.88 Å². The number of aromatic nitrogens is 1. The highest BCUT2D eigenvalue weighted by Crippen LogP contribution is 2.24. The van der Waals surface area contributed by atoms with E-state index < -0.39 is 0 Å². The summed E-state index contributed by atoms with van der Waals surface area (Å²) in [5.41, 5.74) is 4.11. The van der Waals surface area contributed by atoms with Gasteiger partial charge in [0.15, 0.2) is 0 Å². The van der Waals surface area contributed by atoms with Crippen LogP contribution in [0.15, 0.2) is 72.9 Å². The third kappa shape index (κ3) is 4.62. The van der Waals surface area contributed by atoms with Crippen molar-refractivity contribution in [2.24, 2.45) is 0 Å². The monoisotopic (exact) mass is 401 g/mol. The Kier molecular flexibility index (Phi) is 5.98. The van der Waals surface area contributed by atoms with E-state index >= 15 is 0 Å². The van der Waals surface area contributed by atoms with Gasteiger partial charge in [-0.05, 0) is 35.9 Å². The molecule has 5 nitrogen and oxygen atoms in total. The van der Waals surface area contributed by atoms with Crippen molar-refractivity contribution in [2.75, 3.05) is 32.1 Å². The van der Waals surface area contributed by atoms with E-state index in [0.29, 0.717) is 19.0 Å². The van der Waals surface area contributed by atoms with E-state index in [0.717, 1.165) is 29.5 Å². The van der Waals surface area contributed by atoms with E-state index in [9.17, 15) is 4.79 Å². The summed E-state index contributed by atoms with van der Waals surface area (Å²) in [4.78, 5) is 21.0. The second-order valence-corrected chi connectivity index (χ2v) is 7.80. The number of ether oxygens (including phenoxy) is 1. The van der Waals surface area contributed by atoms with Crippen LogP contribution >= 0.6 is 0 Å². The topological polar surface area (TPSA) is 45.7 Å². The molecule has 154 valence electrons. The molecule has 1 aliphatic rings.